The summed E-state index contributed by atoms with van der Waals surface area (Å²) >= 11 is 0. The maximum absolute atomic E-state index is 12.4. The number of alkyl halides is 3. The van der Waals surface area contributed by atoms with Crippen LogP contribution in [0.5, 0.6) is 0 Å². The van der Waals surface area contributed by atoms with Crippen molar-refractivity contribution >= 4 is 12.2 Å². The van der Waals surface area contributed by atoms with Crippen molar-refractivity contribution in [1.82, 2.24) is 5.43 Å². The van der Waals surface area contributed by atoms with Gasteiger partial charge >= 0.3 is 12.2 Å². The van der Waals surface area contributed by atoms with Gasteiger partial charge in [0.05, 0.1) is 5.56 Å². The molecule has 0 bridgehead atoms. The molecule has 0 aliphatic heterocycles. The van der Waals surface area contributed by atoms with Gasteiger partial charge in [-0.2, -0.15) is 18.3 Å². The SMILES string of the molecule is NC(=O)N/N=C/Cc1cccc(C(F)(F)F)c1. The van der Waals surface area contributed by atoms with E-state index in [2.05, 4.69) is 5.10 Å². The summed E-state index contributed by atoms with van der Waals surface area (Å²) in [5.74, 6) is 0. The maximum atomic E-state index is 12.4. The fourth-order valence-corrected chi connectivity index (χ4v) is 1.13. The van der Waals surface area contributed by atoms with Crippen LogP contribution < -0.4 is 11.2 Å². The number of nitrogens with two attached hydrogens (primary N) is 1. The molecule has 92 valence electrons. The first kappa shape index (κ1) is 13.0. The number of carbonyl (C=O) groups is 1. The third-order valence-corrected chi connectivity index (χ3v) is 1.85. The van der Waals surface area contributed by atoms with E-state index in [-0.39, 0.29) is 6.42 Å². The molecular formula is C10H10F3N3O. The van der Waals surface area contributed by atoms with Crippen molar-refractivity contribution in [2.45, 2.75) is 12.6 Å². The number of nitrogens with zero attached hydrogens (tertiary/aromatic N) is 1. The number of benzene rings is 1. The van der Waals surface area contributed by atoms with E-state index in [1.807, 2.05) is 5.43 Å². The lowest BCUT2D eigenvalue weighted by molar-refractivity contribution is -0.137. The minimum Gasteiger partial charge on any atom is -0.350 e. The summed E-state index contributed by atoms with van der Waals surface area (Å²) in [6, 6.07) is 4.03. The Morgan fingerprint density at radius 3 is 2.76 bits per heavy atom. The molecule has 0 fully saturated rings. The zero-order valence-corrected chi connectivity index (χ0v) is 8.66. The van der Waals surface area contributed by atoms with Crippen LogP contribution in [0, 0.1) is 0 Å². The van der Waals surface area contributed by atoms with Gasteiger partial charge < -0.3 is 5.73 Å². The summed E-state index contributed by atoms with van der Waals surface area (Å²) in [4.78, 5) is 10.2. The third kappa shape index (κ3) is 4.54. The van der Waals surface area contributed by atoms with E-state index in [4.69, 9.17) is 5.73 Å². The topological polar surface area (TPSA) is 67.5 Å². The highest BCUT2D eigenvalue weighted by molar-refractivity contribution is 5.73. The molecule has 1 aromatic carbocycles. The van der Waals surface area contributed by atoms with Gasteiger partial charge in [0.15, 0.2) is 0 Å². The smallest absolute Gasteiger partial charge is 0.350 e. The summed E-state index contributed by atoms with van der Waals surface area (Å²) in [7, 11) is 0. The van der Waals surface area contributed by atoms with Crippen molar-refractivity contribution in [3.8, 4) is 0 Å². The predicted octanol–water partition coefficient (Wildman–Crippen LogP) is 1.90. The number of halogens is 3. The molecule has 0 heterocycles. The van der Waals surface area contributed by atoms with Crippen molar-refractivity contribution in [3.05, 3.63) is 35.4 Å². The molecule has 0 aromatic heterocycles. The van der Waals surface area contributed by atoms with Gasteiger partial charge in [0.25, 0.3) is 0 Å². The Morgan fingerprint density at radius 1 is 1.47 bits per heavy atom. The fourth-order valence-electron chi connectivity index (χ4n) is 1.13. The predicted molar refractivity (Wildman–Crippen MR) is 56.4 cm³/mol. The van der Waals surface area contributed by atoms with Crippen molar-refractivity contribution in [3.63, 3.8) is 0 Å². The highest BCUT2D eigenvalue weighted by atomic mass is 19.4. The van der Waals surface area contributed by atoms with Gasteiger partial charge in [0, 0.05) is 12.6 Å². The lowest BCUT2D eigenvalue weighted by Gasteiger charge is -2.07. The Bertz CT molecular complexity index is 429. The largest absolute Gasteiger partial charge is 0.416 e. The molecule has 4 nitrogen and oxygen atoms in total. The van der Waals surface area contributed by atoms with Crippen LogP contribution in [0.25, 0.3) is 0 Å². The van der Waals surface area contributed by atoms with Crippen LogP contribution in [-0.4, -0.2) is 12.2 Å². The molecule has 17 heavy (non-hydrogen) atoms. The molecular weight excluding hydrogens is 235 g/mol. The average Bonchev–Trinajstić information content (AvgIpc) is 2.23. The van der Waals surface area contributed by atoms with Crippen molar-refractivity contribution in [2.24, 2.45) is 10.8 Å². The zero-order chi connectivity index (χ0) is 12.9. The molecule has 0 radical (unpaired) electrons. The van der Waals surface area contributed by atoms with Crippen LogP contribution in [0.4, 0.5) is 18.0 Å². The Hall–Kier alpha value is -2.05. The number of primary amides is 1. The van der Waals surface area contributed by atoms with Crippen LogP contribution in [-0.2, 0) is 12.6 Å². The lowest BCUT2D eigenvalue weighted by atomic mass is 10.1. The molecule has 0 atom stereocenters. The average molecular weight is 245 g/mol. The quantitative estimate of drug-likeness (QED) is 0.619. The third-order valence-electron chi connectivity index (χ3n) is 1.85. The summed E-state index contributed by atoms with van der Waals surface area (Å²) in [5.41, 5.74) is 6.41. The van der Waals surface area contributed by atoms with Gasteiger partial charge in [-0.15, -0.1) is 0 Å². The fraction of sp³-hybridized carbons (Fsp3) is 0.200. The minimum atomic E-state index is -4.36. The van der Waals surface area contributed by atoms with Gasteiger partial charge in [0.2, 0.25) is 0 Å². The van der Waals surface area contributed by atoms with E-state index in [9.17, 15) is 18.0 Å². The second kappa shape index (κ2) is 5.33. The highest BCUT2D eigenvalue weighted by Gasteiger charge is 2.30. The molecule has 0 saturated carbocycles. The van der Waals surface area contributed by atoms with Crippen LogP contribution in [0.1, 0.15) is 11.1 Å². The Morgan fingerprint density at radius 2 is 2.18 bits per heavy atom. The molecule has 1 aromatic rings. The Labute approximate surface area is 95.3 Å². The summed E-state index contributed by atoms with van der Waals surface area (Å²) < 4.78 is 37.1. The zero-order valence-electron chi connectivity index (χ0n) is 8.66. The molecule has 0 saturated heterocycles. The summed E-state index contributed by atoms with van der Waals surface area (Å²) in [5, 5.41) is 3.43. The van der Waals surface area contributed by atoms with Crippen molar-refractivity contribution in [1.29, 1.82) is 0 Å². The molecule has 7 heteroatoms. The lowest BCUT2D eigenvalue weighted by Crippen LogP contribution is -2.24. The molecule has 0 unspecified atom stereocenters. The number of carbonyl (C=O) groups excluding carboxylic acids is 1. The number of hydrogen-bond acceptors (Lipinski definition) is 2. The van der Waals surface area contributed by atoms with Gasteiger partial charge in [0.1, 0.15) is 0 Å². The number of hydrogen-bond donors (Lipinski definition) is 2. The number of amides is 2. The van der Waals surface area contributed by atoms with Gasteiger partial charge in [-0.05, 0) is 11.6 Å². The molecule has 0 aliphatic rings. The minimum absolute atomic E-state index is 0.171. The van der Waals surface area contributed by atoms with E-state index < -0.39 is 17.8 Å². The normalized spacial score (nSPS) is 11.7. The second-order valence-electron chi connectivity index (χ2n) is 3.19. The number of nitrogens with one attached hydrogen (secondary N) is 1. The molecule has 1 rings (SSSR count). The maximum Gasteiger partial charge on any atom is 0.416 e. The van der Waals surface area contributed by atoms with Gasteiger partial charge in [-0.25, -0.2) is 10.2 Å². The van der Waals surface area contributed by atoms with E-state index in [0.29, 0.717) is 5.56 Å². The first-order chi connectivity index (χ1) is 7.89. The monoisotopic (exact) mass is 245 g/mol. The van der Waals surface area contributed by atoms with E-state index in [0.717, 1.165) is 12.1 Å². The first-order valence-electron chi connectivity index (χ1n) is 4.62. The van der Waals surface area contributed by atoms with Gasteiger partial charge in [-0.1, -0.05) is 18.2 Å². The van der Waals surface area contributed by atoms with Crippen molar-refractivity contribution < 1.29 is 18.0 Å². The molecule has 0 spiro atoms. The second-order valence-corrected chi connectivity index (χ2v) is 3.19. The van der Waals surface area contributed by atoms with Crippen molar-refractivity contribution in [2.75, 3.05) is 0 Å². The van der Waals surface area contributed by atoms with Gasteiger partial charge in [-0.3, -0.25) is 0 Å². The van der Waals surface area contributed by atoms with Crippen LogP contribution in [0.3, 0.4) is 0 Å². The van der Waals surface area contributed by atoms with E-state index in [1.165, 1.54) is 18.3 Å². The van der Waals surface area contributed by atoms with Crippen LogP contribution in [0.15, 0.2) is 29.4 Å². The summed E-state index contributed by atoms with van der Waals surface area (Å²) in [6.07, 6.45) is -2.93. The summed E-state index contributed by atoms with van der Waals surface area (Å²) in [6.45, 7) is 0. The highest BCUT2D eigenvalue weighted by Crippen LogP contribution is 2.29. The Kier molecular flexibility index (Phi) is 4.08. The molecule has 0 aliphatic carbocycles. The first-order valence-corrected chi connectivity index (χ1v) is 4.62. The number of urea groups is 1. The van der Waals surface area contributed by atoms with Crippen LogP contribution in [0.2, 0.25) is 0 Å². The van der Waals surface area contributed by atoms with E-state index in [1.54, 1.807) is 0 Å². The Balaban J connectivity index is 2.67. The number of hydrazone groups is 1. The standard InChI is InChI=1S/C10H10F3N3O/c11-10(12,13)8-3-1-2-7(6-8)4-5-15-16-9(14)17/h1-3,5-6H,4H2,(H3,14,16,17)/b15-5+. The number of rotatable bonds is 3. The molecule has 3 N–H and O–H groups in total. The van der Waals surface area contributed by atoms with E-state index >= 15 is 0 Å². The molecule has 2 amide bonds. The van der Waals surface area contributed by atoms with Crippen LogP contribution >= 0.6 is 0 Å².